The molecule has 0 aliphatic carbocycles. The van der Waals surface area contributed by atoms with Crippen LogP contribution in [0.5, 0.6) is 0 Å². The zero-order valence-corrected chi connectivity index (χ0v) is 9.66. The number of hydrogen-bond acceptors (Lipinski definition) is 3. The average Bonchev–Trinajstić information content (AvgIpc) is 2.30. The number of nitriles is 1. The van der Waals surface area contributed by atoms with Crippen molar-refractivity contribution in [2.45, 2.75) is 32.2 Å². The summed E-state index contributed by atoms with van der Waals surface area (Å²) in [5.41, 5.74) is -0.895. The molecule has 1 unspecified atom stereocenters. The fourth-order valence-corrected chi connectivity index (χ4v) is 1.78. The summed E-state index contributed by atoms with van der Waals surface area (Å²) in [5, 5.41) is 12.0. The molecule has 1 aliphatic rings. The zero-order chi connectivity index (χ0) is 12.0. The standard InChI is InChI=1S/C12H18N2O2/c1-3-4-10(2)14-11(15)12(9-13)5-7-16-8-6-12/h3,10H,1,4-8H2,2H3,(H,14,15). The van der Waals surface area contributed by atoms with Crippen molar-refractivity contribution < 1.29 is 9.53 Å². The number of nitrogens with one attached hydrogen (secondary N) is 1. The predicted octanol–water partition coefficient (Wildman–Crippen LogP) is 1.39. The Labute approximate surface area is 96.3 Å². The Kier molecular flexibility index (Phi) is 4.51. The summed E-state index contributed by atoms with van der Waals surface area (Å²) >= 11 is 0. The van der Waals surface area contributed by atoms with E-state index in [2.05, 4.69) is 18.0 Å². The molecule has 16 heavy (non-hydrogen) atoms. The van der Waals surface area contributed by atoms with Crippen LogP contribution in [0, 0.1) is 16.7 Å². The summed E-state index contributed by atoms with van der Waals surface area (Å²) in [6.07, 6.45) is 3.43. The minimum Gasteiger partial charge on any atom is -0.381 e. The maximum absolute atomic E-state index is 12.0. The van der Waals surface area contributed by atoms with Gasteiger partial charge in [0, 0.05) is 19.3 Å². The molecule has 1 amide bonds. The molecule has 1 atom stereocenters. The van der Waals surface area contributed by atoms with E-state index in [9.17, 15) is 4.79 Å². The molecule has 0 radical (unpaired) electrons. The van der Waals surface area contributed by atoms with E-state index in [0.717, 1.165) is 0 Å². The lowest BCUT2D eigenvalue weighted by molar-refractivity contribution is -0.133. The quantitative estimate of drug-likeness (QED) is 0.731. The van der Waals surface area contributed by atoms with Gasteiger partial charge in [-0.2, -0.15) is 5.26 Å². The second kappa shape index (κ2) is 5.66. The predicted molar refractivity (Wildman–Crippen MR) is 60.5 cm³/mol. The highest BCUT2D eigenvalue weighted by molar-refractivity contribution is 5.85. The van der Waals surface area contributed by atoms with Gasteiger partial charge in [0.05, 0.1) is 6.07 Å². The Morgan fingerprint density at radius 3 is 2.81 bits per heavy atom. The van der Waals surface area contributed by atoms with Crippen LogP contribution in [-0.2, 0) is 9.53 Å². The van der Waals surface area contributed by atoms with Crippen LogP contribution in [0.3, 0.4) is 0 Å². The third-order valence-electron chi connectivity index (χ3n) is 2.89. The maximum atomic E-state index is 12.0. The number of rotatable bonds is 4. The second-order valence-electron chi connectivity index (χ2n) is 4.21. The van der Waals surface area contributed by atoms with Gasteiger partial charge < -0.3 is 10.1 Å². The van der Waals surface area contributed by atoms with Gasteiger partial charge in [-0.15, -0.1) is 6.58 Å². The minimum absolute atomic E-state index is 0.0260. The van der Waals surface area contributed by atoms with E-state index in [4.69, 9.17) is 10.00 Å². The smallest absolute Gasteiger partial charge is 0.240 e. The monoisotopic (exact) mass is 222 g/mol. The largest absolute Gasteiger partial charge is 0.381 e. The number of carbonyl (C=O) groups excluding carboxylic acids is 1. The molecule has 0 bridgehead atoms. The van der Waals surface area contributed by atoms with Crippen LogP contribution in [0.1, 0.15) is 26.2 Å². The highest BCUT2D eigenvalue weighted by Crippen LogP contribution is 2.30. The van der Waals surface area contributed by atoms with Crippen LogP contribution in [0.25, 0.3) is 0 Å². The molecular weight excluding hydrogens is 204 g/mol. The van der Waals surface area contributed by atoms with Gasteiger partial charge in [0.15, 0.2) is 0 Å². The first-order valence-corrected chi connectivity index (χ1v) is 5.55. The van der Waals surface area contributed by atoms with Crippen molar-refractivity contribution >= 4 is 5.91 Å². The summed E-state index contributed by atoms with van der Waals surface area (Å²) in [6, 6.07) is 2.17. The number of nitrogens with zero attached hydrogens (tertiary/aromatic N) is 1. The van der Waals surface area contributed by atoms with Gasteiger partial charge in [0.1, 0.15) is 5.41 Å². The second-order valence-corrected chi connectivity index (χ2v) is 4.21. The molecule has 0 spiro atoms. The van der Waals surface area contributed by atoms with Crippen molar-refractivity contribution in [2.24, 2.45) is 5.41 Å². The SMILES string of the molecule is C=CCC(C)NC(=O)C1(C#N)CCOCC1. The number of hydrogen-bond donors (Lipinski definition) is 1. The van der Waals surface area contributed by atoms with E-state index in [-0.39, 0.29) is 11.9 Å². The van der Waals surface area contributed by atoms with Gasteiger partial charge in [0.2, 0.25) is 5.91 Å². The molecule has 88 valence electrons. The van der Waals surface area contributed by atoms with Gasteiger partial charge in [0.25, 0.3) is 0 Å². The summed E-state index contributed by atoms with van der Waals surface area (Å²) in [7, 11) is 0. The van der Waals surface area contributed by atoms with Crippen LogP contribution in [0.4, 0.5) is 0 Å². The Hall–Kier alpha value is -1.34. The van der Waals surface area contributed by atoms with E-state index in [1.54, 1.807) is 6.08 Å². The van der Waals surface area contributed by atoms with E-state index in [0.29, 0.717) is 32.5 Å². The molecule has 1 heterocycles. The lowest BCUT2D eigenvalue weighted by Gasteiger charge is -2.30. The molecule has 0 aromatic rings. The number of amides is 1. The third-order valence-corrected chi connectivity index (χ3v) is 2.89. The first-order valence-electron chi connectivity index (χ1n) is 5.55. The molecule has 0 aromatic heterocycles. The molecule has 4 heteroatoms. The Balaban J connectivity index is 2.62. The molecule has 1 fully saturated rings. The molecule has 0 aromatic carbocycles. The highest BCUT2D eigenvalue weighted by Gasteiger charge is 2.40. The Morgan fingerprint density at radius 1 is 1.69 bits per heavy atom. The van der Waals surface area contributed by atoms with Crippen molar-refractivity contribution in [2.75, 3.05) is 13.2 Å². The van der Waals surface area contributed by atoms with Gasteiger partial charge in [-0.3, -0.25) is 4.79 Å². The summed E-state index contributed by atoms with van der Waals surface area (Å²) < 4.78 is 5.18. The molecule has 1 aliphatic heterocycles. The van der Waals surface area contributed by atoms with Crippen molar-refractivity contribution in [1.29, 1.82) is 5.26 Å². The van der Waals surface area contributed by atoms with Crippen molar-refractivity contribution in [1.82, 2.24) is 5.32 Å². The van der Waals surface area contributed by atoms with E-state index in [1.807, 2.05) is 6.92 Å². The fraction of sp³-hybridized carbons (Fsp3) is 0.667. The van der Waals surface area contributed by atoms with Crippen molar-refractivity contribution in [3.05, 3.63) is 12.7 Å². The van der Waals surface area contributed by atoms with Crippen LogP contribution >= 0.6 is 0 Å². The molecule has 0 saturated carbocycles. The lowest BCUT2D eigenvalue weighted by atomic mass is 9.80. The number of ether oxygens (including phenoxy) is 1. The maximum Gasteiger partial charge on any atom is 0.240 e. The van der Waals surface area contributed by atoms with E-state index < -0.39 is 5.41 Å². The molecule has 1 N–H and O–H groups in total. The van der Waals surface area contributed by atoms with Crippen molar-refractivity contribution in [3.63, 3.8) is 0 Å². The summed E-state index contributed by atoms with van der Waals surface area (Å²) in [6.45, 7) is 6.49. The van der Waals surface area contributed by atoms with Crippen LogP contribution in [0.15, 0.2) is 12.7 Å². The first-order chi connectivity index (χ1) is 7.64. The zero-order valence-electron chi connectivity index (χ0n) is 9.66. The van der Waals surface area contributed by atoms with Gasteiger partial charge in [-0.05, 0) is 26.2 Å². The lowest BCUT2D eigenvalue weighted by Crippen LogP contribution is -2.46. The normalized spacial score (nSPS) is 20.5. The van der Waals surface area contributed by atoms with E-state index >= 15 is 0 Å². The minimum atomic E-state index is -0.895. The fourth-order valence-electron chi connectivity index (χ4n) is 1.78. The van der Waals surface area contributed by atoms with Gasteiger partial charge in [-0.1, -0.05) is 6.08 Å². The summed E-state index contributed by atoms with van der Waals surface area (Å²) in [5.74, 6) is -0.173. The Bertz CT molecular complexity index is 301. The topological polar surface area (TPSA) is 62.1 Å². The molecule has 1 rings (SSSR count). The third kappa shape index (κ3) is 2.83. The van der Waals surface area contributed by atoms with E-state index in [1.165, 1.54) is 0 Å². The number of carbonyl (C=O) groups is 1. The summed E-state index contributed by atoms with van der Waals surface area (Å²) in [4.78, 5) is 12.0. The average molecular weight is 222 g/mol. The van der Waals surface area contributed by atoms with Crippen LogP contribution in [-0.4, -0.2) is 25.2 Å². The van der Waals surface area contributed by atoms with Crippen LogP contribution < -0.4 is 5.32 Å². The molecule has 4 nitrogen and oxygen atoms in total. The molecule has 1 saturated heterocycles. The Morgan fingerprint density at radius 2 is 2.31 bits per heavy atom. The van der Waals surface area contributed by atoms with Crippen molar-refractivity contribution in [3.8, 4) is 6.07 Å². The highest BCUT2D eigenvalue weighted by atomic mass is 16.5. The van der Waals surface area contributed by atoms with Crippen LogP contribution in [0.2, 0.25) is 0 Å². The van der Waals surface area contributed by atoms with Gasteiger partial charge >= 0.3 is 0 Å². The first kappa shape index (κ1) is 12.7. The molecular formula is C12H18N2O2. The van der Waals surface area contributed by atoms with Gasteiger partial charge in [-0.25, -0.2) is 0 Å².